The highest BCUT2D eigenvalue weighted by Crippen LogP contribution is 2.05. The van der Waals surface area contributed by atoms with Crippen molar-refractivity contribution in [1.82, 2.24) is 5.32 Å². The van der Waals surface area contributed by atoms with Crippen LogP contribution in [0.15, 0.2) is 12.4 Å². The number of nitrogens with one attached hydrogen (secondary N) is 1. The molecule has 6 heteroatoms. The van der Waals surface area contributed by atoms with Gasteiger partial charge in [0.1, 0.15) is 5.60 Å². The minimum Gasteiger partial charge on any atom is -0.444 e. The molecule has 0 aliphatic carbocycles. The van der Waals surface area contributed by atoms with Gasteiger partial charge in [-0.05, 0) is 20.8 Å². The van der Waals surface area contributed by atoms with Crippen molar-refractivity contribution >= 4 is 6.09 Å². The van der Waals surface area contributed by atoms with E-state index in [4.69, 9.17) is 4.74 Å². The lowest BCUT2D eigenvalue weighted by Crippen LogP contribution is -2.29. The molecule has 0 fully saturated rings. The summed E-state index contributed by atoms with van der Waals surface area (Å²) in [6.07, 6.45) is 0.809. The van der Waals surface area contributed by atoms with Crippen LogP contribution in [0.2, 0.25) is 0 Å². The molecule has 1 amide bonds. The van der Waals surface area contributed by atoms with Gasteiger partial charge < -0.3 is 4.74 Å². The third kappa shape index (κ3) is 8.32. The van der Waals surface area contributed by atoms with Crippen molar-refractivity contribution in [2.75, 3.05) is 0 Å². The lowest BCUT2D eigenvalue weighted by molar-refractivity contribution is -0.402. The van der Waals surface area contributed by atoms with Gasteiger partial charge in [0, 0.05) is 0 Å². The number of nitro groups is 1. The monoisotopic (exact) mass is 188 g/mol. The molecule has 0 aromatic rings. The zero-order valence-corrected chi connectivity index (χ0v) is 7.73. The second-order valence-electron chi connectivity index (χ2n) is 3.25. The molecular formula is C7H12N2O4. The molecule has 13 heavy (non-hydrogen) atoms. The molecule has 0 aromatic heterocycles. The molecule has 0 heterocycles. The number of hydrogen-bond acceptors (Lipinski definition) is 4. The van der Waals surface area contributed by atoms with E-state index in [0.717, 1.165) is 6.20 Å². The molecule has 0 aromatic carbocycles. The van der Waals surface area contributed by atoms with Crippen molar-refractivity contribution < 1.29 is 14.5 Å². The molecule has 0 aliphatic heterocycles. The number of rotatable bonds is 2. The van der Waals surface area contributed by atoms with Gasteiger partial charge in [0.15, 0.2) is 0 Å². The van der Waals surface area contributed by atoms with Crippen LogP contribution in [-0.2, 0) is 4.74 Å². The fourth-order valence-electron chi connectivity index (χ4n) is 0.474. The van der Waals surface area contributed by atoms with E-state index >= 15 is 0 Å². The van der Waals surface area contributed by atoms with E-state index < -0.39 is 16.6 Å². The summed E-state index contributed by atoms with van der Waals surface area (Å²) in [4.78, 5) is 19.9. The minimum atomic E-state index is -0.717. The summed E-state index contributed by atoms with van der Waals surface area (Å²) in [6, 6.07) is 0. The Labute approximate surface area is 75.7 Å². The summed E-state index contributed by atoms with van der Waals surface area (Å²) in [6.45, 7) is 5.09. The Morgan fingerprint density at radius 1 is 1.54 bits per heavy atom. The van der Waals surface area contributed by atoms with E-state index in [0.29, 0.717) is 6.20 Å². The van der Waals surface area contributed by atoms with Crippen LogP contribution >= 0.6 is 0 Å². The minimum absolute atomic E-state index is 0.605. The van der Waals surface area contributed by atoms with Crippen LogP contribution in [0.4, 0.5) is 4.79 Å². The summed E-state index contributed by atoms with van der Waals surface area (Å²) in [7, 11) is 0. The molecular weight excluding hydrogens is 176 g/mol. The first kappa shape index (κ1) is 11.4. The van der Waals surface area contributed by atoms with Crippen molar-refractivity contribution in [1.29, 1.82) is 0 Å². The summed E-state index contributed by atoms with van der Waals surface area (Å²) in [5, 5.41) is 11.9. The van der Waals surface area contributed by atoms with Crippen LogP contribution in [0.5, 0.6) is 0 Å². The Bertz CT molecular complexity index is 229. The summed E-state index contributed by atoms with van der Waals surface area (Å²) in [5.74, 6) is 0. The maximum Gasteiger partial charge on any atom is 0.411 e. The van der Waals surface area contributed by atoms with Crippen LogP contribution in [0, 0.1) is 10.1 Å². The molecule has 0 aliphatic rings. The Kier molecular flexibility index (Phi) is 3.90. The standard InChI is InChI=1S/C7H12N2O4/c1-7(2,3)13-6(10)8-4-5-9(11)12/h4-5H,1-3H3,(H,8,10)/b5-4+. The molecule has 0 radical (unpaired) electrons. The quantitative estimate of drug-likeness (QED) is 0.522. The van der Waals surface area contributed by atoms with Crippen LogP contribution < -0.4 is 5.32 Å². The van der Waals surface area contributed by atoms with Gasteiger partial charge in [-0.2, -0.15) is 0 Å². The van der Waals surface area contributed by atoms with Crippen LogP contribution in [-0.4, -0.2) is 16.6 Å². The third-order valence-electron chi connectivity index (χ3n) is 0.796. The molecule has 0 atom stereocenters. The van der Waals surface area contributed by atoms with Crippen LogP contribution in [0.1, 0.15) is 20.8 Å². The predicted molar refractivity (Wildman–Crippen MR) is 45.5 cm³/mol. The largest absolute Gasteiger partial charge is 0.444 e. The lowest BCUT2D eigenvalue weighted by atomic mass is 10.2. The number of ether oxygens (including phenoxy) is 1. The van der Waals surface area contributed by atoms with Gasteiger partial charge in [-0.3, -0.25) is 15.4 Å². The average Bonchev–Trinajstić information content (AvgIpc) is 1.81. The SMILES string of the molecule is CC(C)(C)OC(=O)N/C=C/[N+](=O)[O-]. The maximum absolute atomic E-state index is 10.8. The first-order chi connectivity index (χ1) is 5.81. The summed E-state index contributed by atoms with van der Waals surface area (Å²) in [5.41, 5.74) is -0.605. The van der Waals surface area contributed by atoms with Crippen LogP contribution in [0.3, 0.4) is 0 Å². The molecule has 6 nitrogen and oxygen atoms in total. The number of nitrogens with zero attached hydrogens (tertiary/aromatic N) is 1. The summed E-state index contributed by atoms with van der Waals surface area (Å²) >= 11 is 0. The second-order valence-corrected chi connectivity index (χ2v) is 3.25. The molecule has 0 saturated carbocycles. The smallest absolute Gasteiger partial charge is 0.411 e. The van der Waals surface area contributed by atoms with E-state index in [9.17, 15) is 14.9 Å². The predicted octanol–water partition coefficient (Wildman–Crippen LogP) is 1.26. The van der Waals surface area contributed by atoms with Crippen molar-refractivity contribution in [2.24, 2.45) is 0 Å². The van der Waals surface area contributed by atoms with Crippen molar-refractivity contribution in [3.8, 4) is 0 Å². The number of alkyl carbamates (subject to hydrolysis) is 1. The zero-order valence-electron chi connectivity index (χ0n) is 7.73. The van der Waals surface area contributed by atoms with E-state index in [1.165, 1.54) is 0 Å². The van der Waals surface area contributed by atoms with Gasteiger partial charge in [-0.15, -0.1) is 0 Å². The lowest BCUT2D eigenvalue weighted by Gasteiger charge is -2.18. The molecule has 0 unspecified atom stereocenters. The van der Waals surface area contributed by atoms with E-state index in [-0.39, 0.29) is 0 Å². The highest BCUT2D eigenvalue weighted by atomic mass is 16.6. The van der Waals surface area contributed by atoms with E-state index in [1.807, 2.05) is 0 Å². The molecule has 0 rings (SSSR count). The Morgan fingerprint density at radius 3 is 2.46 bits per heavy atom. The topological polar surface area (TPSA) is 81.5 Å². The molecule has 74 valence electrons. The first-order valence-corrected chi connectivity index (χ1v) is 3.61. The highest BCUT2D eigenvalue weighted by Gasteiger charge is 2.14. The average molecular weight is 188 g/mol. The Balaban J connectivity index is 3.83. The number of carbonyl (C=O) groups is 1. The maximum atomic E-state index is 10.8. The van der Waals surface area contributed by atoms with E-state index in [1.54, 1.807) is 20.8 Å². The molecule has 0 spiro atoms. The normalized spacial score (nSPS) is 11.3. The van der Waals surface area contributed by atoms with Gasteiger partial charge in [0.2, 0.25) is 6.20 Å². The number of amides is 1. The van der Waals surface area contributed by atoms with Gasteiger partial charge >= 0.3 is 6.09 Å². The van der Waals surface area contributed by atoms with Crippen molar-refractivity contribution in [3.63, 3.8) is 0 Å². The highest BCUT2D eigenvalue weighted by molar-refractivity contribution is 5.68. The van der Waals surface area contributed by atoms with Crippen LogP contribution in [0.25, 0.3) is 0 Å². The van der Waals surface area contributed by atoms with Crippen molar-refractivity contribution in [2.45, 2.75) is 26.4 Å². The Morgan fingerprint density at radius 2 is 2.08 bits per heavy atom. The first-order valence-electron chi connectivity index (χ1n) is 3.61. The number of carbonyl (C=O) groups excluding carboxylic acids is 1. The Hall–Kier alpha value is -1.59. The zero-order chi connectivity index (χ0) is 10.5. The number of hydrogen-bond donors (Lipinski definition) is 1. The van der Waals surface area contributed by atoms with Gasteiger partial charge in [-0.25, -0.2) is 4.79 Å². The van der Waals surface area contributed by atoms with Gasteiger partial charge in [0.25, 0.3) is 0 Å². The second kappa shape index (κ2) is 4.44. The molecule has 1 N–H and O–H groups in total. The third-order valence-corrected chi connectivity index (χ3v) is 0.796. The van der Waals surface area contributed by atoms with Gasteiger partial charge in [-0.1, -0.05) is 0 Å². The fraction of sp³-hybridized carbons (Fsp3) is 0.571. The van der Waals surface area contributed by atoms with Gasteiger partial charge in [0.05, 0.1) is 11.1 Å². The molecule has 0 bridgehead atoms. The van der Waals surface area contributed by atoms with Crippen molar-refractivity contribution in [3.05, 3.63) is 22.5 Å². The fourth-order valence-corrected chi connectivity index (χ4v) is 0.474. The molecule has 0 saturated heterocycles. The summed E-state index contributed by atoms with van der Waals surface area (Å²) < 4.78 is 4.80. The van der Waals surface area contributed by atoms with E-state index in [2.05, 4.69) is 5.32 Å².